The minimum atomic E-state index is -1.23. The number of nitrogens with one attached hydrogen (secondary N) is 1. The lowest BCUT2D eigenvalue weighted by Crippen LogP contribution is -2.68. The van der Waals surface area contributed by atoms with Gasteiger partial charge >= 0.3 is 24.2 Å². The maximum Gasteiger partial charge on any atom is 0.425 e. The van der Waals surface area contributed by atoms with Gasteiger partial charge in [-0.1, -0.05) is 48.5 Å². The van der Waals surface area contributed by atoms with Crippen molar-refractivity contribution < 1.29 is 38.2 Å². The van der Waals surface area contributed by atoms with Crippen LogP contribution in [0, 0.1) is 5.92 Å². The van der Waals surface area contributed by atoms with Crippen molar-refractivity contribution in [3.05, 3.63) is 90.1 Å². The minimum absolute atomic E-state index is 0.0228. The number of likely N-dealkylation sites (tertiary alicyclic amines) is 1. The first-order chi connectivity index (χ1) is 21.6. The highest BCUT2D eigenvalue weighted by Gasteiger charge is 2.55. The van der Waals surface area contributed by atoms with E-state index in [1.54, 1.807) is 102 Å². The molecule has 242 valence electrons. The number of carbonyl (C=O) groups excluding carboxylic acids is 5. The van der Waals surface area contributed by atoms with Crippen molar-refractivity contribution in [1.82, 2.24) is 9.88 Å². The van der Waals surface area contributed by atoms with Crippen molar-refractivity contribution in [2.45, 2.75) is 71.8 Å². The van der Waals surface area contributed by atoms with Gasteiger partial charge in [-0.25, -0.2) is 29.1 Å². The van der Waals surface area contributed by atoms with Gasteiger partial charge in [-0.2, -0.15) is 4.90 Å². The Kier molecular flexibility index (Phi) is 10.1. The summed E-state index contributed by atoms with van der Waals surface area (Å²) in [6.45, 7) is 9.87. The van der Waals surface area contributed by atoms with Crippen LogP contribution in [0.3, 0.4) is 0 Å². The Morgan fingerprint density at radius 3 is 1.96 bits per heavy atom. The molecule has 5 amide bonds. The number of nitrogens with zero attached hydrogens (tertiary/aromatic N) is 3. The average Bonchev–Trinajstić information content (AvgIpc) is 2.96. The van der Waals surface area contributed by atoms with E-state index in [0.29, 0.717) is 16.2 Å². The summed E-state index contributed by atoms with van der Waals surface area (Å²) in [6, 6.07) is 18.6. The number of amides is 5. The van der Waals surface area contributed by atoms with Crippen LogP contribution in [0.2, 0.25) is 0 Å². The normalized spacial score (nSPS) is 16.1. The van der Waals surface area contributed by atoms with Gasteiger partial charge in [0.25, 0.3) is 0 Å². The quantitative estimate of drug-likeness (QED) is 0.186. The van der Waals surface area contributed by atoms with Gasteiger partial charge in [0.2, 0.25) is 5.91 Å². The number of esters is 1. The molecule has 0 bridgehead atoms. The van der Waals surface area contributed by atoms with E-state index in [0.717, 1.165) is 10.5 Å². The zero-order valence-corrected chi connectivity index (χ0v) is 26.7. The number of carbonyl (C=O) groups is 5. The number of urea groups is 1. The largest absolute Gasteiger partial charge is 0.459 e. The summed E-state index contributed by atoms with van der Waals surface area (Å²) in [6.07, 6.45) is -0.669. The number of β-lactam (4-membered cyclic amide) rings is 1. The predicted molar refractivity (Wildman–Crippen MR) is 169 cm³/mol. The molecule has 1 aliphatic rings. The predicted octanol–water partition coefficient (Wildman–Crippen LogP) is 6.10. The molecule has 0 saturated carbocycles. The fraction of sp³-hybridized carbons (Fsp3) is 0.353. The Hall–Kier alpha value is -5.26. The lowest BCUT2D eigenvalue weighted by atomic mass is 9.82. The van der Waals surface area contributed by atoms with E-state index in [4.69, 9.17) is 14.2 Å². The van der Waals surface area contributed by atoms with Crippen LogP contribution in [0.25, 0.3) is 0 Å². The number of hydrogen-bond donors (Lipinski definition) is 1. The van der Waals surface area contributed by atoms with Crippen LogP contribution in [0.4, 0.5) is 25.9 Å². The number of aromatic nitrogens is 1. The zero-order valence-electron chi connectivity index (χ0n) is 26.7. The fourth-order valence-corrected chi connectivity index (χ4v) is 4.60. The van der Waals surface area contributed by atoms with Gasteiger partial charge in [0, 0.05) is 11.9 Å². The maximum atomic E-state index is 13.4. The Morgan fingerprint density at radius 2 is 1.39 bits per heavy atom. The van der Waals surface area contributed by atoms with Crippen LogP contribution in [-0.4, -0.2) is 57.2 Å². The third kappa shape index (κ3) is 8.68. The van der Waals surface area contributed by atoms with Gasteiger partial charge in [0.15, 0.2) is 6.04 Å². The molecule has 0 aliphatic carbocycles. The average molecular weight is 631 g/mol. The molecule has 2 atom stereocenters. The van der Waals surface area contributed by atoms with Crippen molar-refractivity contribution >= 4 is 41.6 Å². The number of hydrogen-bond acceptors (Lipinski definition) is 9. The van der Waals surface area contributed by atoms with Gasteiger partial charge in [0.05, 0.1) is 5.92 Å². The molecule has 0 spiro atoms. The van der Waals surface area contributed by atoms with Crippen molar-refractivity contribution in [3.63, 3.8) is 0 Å². The summed E-state index contributed by atoms with van der Waals surface area (Å²) in [7, 11) is 0. The van der Waals surface area contributed by atoms with Crippen LogP contribution in [0.5, 0.6) is 0 Å². The minimum Gasteiger partial charge on any atom is -0.459 e. The van der Waals surface area contributed by atoms with Gasteiger partial charge in [0.1, 0.15) is 23.6 Å². The topological polar surface area (TPSA) is 144 Å². The van der Waals surface area contributed by atoms with Crippen LogP contribution in [0.1, 0.15) is 52.7 Å². The number of imide groups is 2. The van der Waals surface area contributed by atoms with Crippen LogP contribution in [-0.2, 0) is 36.8 Å². The van der Waals surface area contributed by atoms with E-state index in [2.05, 4.69) is 10.3 Å². The smallest absolute Gasteiger partial charge is 0.425 e. The second-order valence-corrected chi connectivity index (χ2v) is 12.7. The Labute approximate surface area is 267 Å². The summed E-state index contributed by atoms with van der Waals surface area (Å²) >= 11 is 0. The molecule has 2 heterocycles. The summed E-state index contributed by atoms with van der Waals surface area (Å²) in [5, 5.41) is 2.64. The highest BCUT2D eigenvalue weighted by Crippen LogP contribution is 2.33. The second kappa shape index (κ2) is 13.8. The summed E-state index contributed by atoms with van der Waals surface area (Å²) < 4.78 is 16.4. The van der Waals surface area contributed by atoms with E-state index in [1.165, 1.54) is 12.3 Å². The first-order valence-corrected chi connectivity index (χ1v) is 14.7. The Bertz CT molecular complexity index is 1550. The van der Waals surface area contributed by atoms with Gasteiger partial charge in [-0.05, 0) is 83.4 Å². The van der Waals surface area contributed by atoms with Crippen LogP contribution < -0.4 is 10.2 Å². The van der Waals surface area contributed by atoms with Crippen molar-refractivity contribution in [2.24, 2.45) is 5.92 Å². The molecule has 1 unspecified atom stereocenters. The standard InChI is InChI=1S/C34H38N4O8/c1-33(2,3)45-31(42)37(32(43)46-34(4,5)6)26-20-23(17-18-35-26)19-25-27(29(40)44-21-22-13-9-7-10-14-22)38(28(25)39)30(41)36-24-15-11-8-12-16-24/h7-18,20,25,27H,19,21H2,1-6H3,(H,36,41)/t25?,27-/m0/s1. The monoisotopic (exact) mass is 630 g/mol. The maximum absolute atomic E-state index is 13.4. The number of pyridine rings is 1. The third-order valence-corrected chi connectivity index (χ3v) is 6.57. The highest BCUT2D eigenvalue weighted by atomic mass is 16.6. The lowest BCUT2D eigenvalue weighted by molar-refractivity contribution is -0.170. The zero-order chi connectivity index (χ0) is 33.6. The number of para-hydroxylation sites is 1. The number of ether oxygens (including phenoxy) is 3. The van der Waals surface area contributed by atoms with Gasteiger partial charge in [-0.3, -0.25) is 4.79 Å². The van der Waals surface area contributed by atoms with E-state index in [1.807, 2.05) is 6.07 Å². The number of anilines is 2. The van der Waals surface area contributed by atoms with E-state index >= 15 is 0 Å². The molecule has 2 aromatic carbocycles. The molecule has 46 heavy (non-hydrogen) atoms. The van der Waals surface area contributed by atoms with Gasteiger partial charge < -0.3 is 19.5 Å². The highest BCUT2D eigenvalue weighted by molar-refractivity contribution is 6.11. The van der Waals surface area contributed by atoms with E-state index < -0.39 is 53.3 Å². The molecule has 12 nitrogen and oxygen atoms in total. The molecular weight excluding hydrogens is 592 g/mol. The fourth-order valence-electron chi connectivity index (χ4n) is 4.60. The van der Waals surface area contributed by atoms with Gasteiger partial charge in [-0.15, -0.1) is 0 Å². The molecule has 1 N–H and O–H groups in total. The molecule has 3 aromatic rings. The molecule has 1 fully saturated rings. The summed E-state index contributed by atoms with van der Waals surface area (Å²) in [5.41, 5.74) is -0.205. The molecule has 12 heteroatoms. The molecule has 0 radical (unpaired) electrons. The molecular formula is C34H38N4O8. The first-order valence-electron chi connectivity index (χ1n) is 14.7. The summed E-state index contributed by atoms with van der Waals surface area (Å²) in [5.74, 6) is -2.43. The van der Waals surface area contributed by atoms with Crippen LogP contribution >= 0.6 is 0 Å². The molecule has 1 aromatic heterocycles. The van der Waals surface area contributed by atoms with Crippen molar-refractivity contribution in [2.75, 3.05) is 10.2 Å². The lowest BCUT2D eigenvalue weighted by Gasteiger charge is -2.43. The molecule has 1 saturated heterocycles. The number of benzene rings is 2. The second-order valence-electron chi connectivity index (χ2n) is 12.7. The van der Waals surface area contributed by atoms with Crippen LogP contribution in [0.15, 0.2) is 79.0 Å². The van der Waals surface area contributed by atoms with Crippen molar-refractivity contribution in [3.8, 4) is 0 Å². The third-order valence-electron chi connectivity index (χ3n) is 6.57. The summed E-state index contributed by atoms with van der Waals surface area (Å²) in [4.78, 5) is 72.0. The Balaban J connectivity index is 1.60. The van der Waals surface area contributed by atoms with E-state index in [9.17, 15) is 24.0 Å². The van der Waals surface area contributed by atoms with E-state index in [-0.39, 0.29) is 18.8 Å². The Morgan fingerprint density at radius 1 is 0.826 bits per heavy atom. The SMILES string of the molecule is CC(C)(C)OC(=O)N(C(=O)OC(C)(C)C)c1cc(CC2C(=O)N(C(=O)Nc3ccccc3)[C@@H]2C(=O)OCc2ccccc2)ccn1. The van der Waals surface area contributed by atoms with Crippen molar-refractivity contribution in [1.29, 1.82) is 0 Å². The number of rotatable bonds is 7. The molecule has 4 rings (SSSR count). The first kappa shape index (κ1) is 33.6. The molecule has 1 aliphatic heterocycles.